The van der Waals surface area contributed by atoms with Crippen LogP contribution in [0.4, 0.5) is 5.82 Å². The number of hydrogen-bond acceptors (Lipinski definition) is 4. The number of benzene rings is 1. The van der Waals surface area contributed by atoms with Gasteiger partial charge in [0.2, 0.25) is 0 Å². The second-order valence-electron chi connectivity index (χ2n) is 4.56. The Morgan fingerprint density at radius 2 is 2.00 bits per heavy atom. The van der Waals surface area contributed by atoms with Gasteiger partial charge < -0.3 is 10.4 Å². The molecule has 1 heterocycles. The fourth-order valence-corrected chi connectivity index (χ4v) is 2.39. The first kappa shape index (κ1) is 14.9. The minimum Gasteiger partial charge on any atom is -0.394 e. The average Bonchev–Trinajstić information content (AvgIpc) is 2.47. The van der Waals surface area contributed by atoms with Crippen LogP contribution in [-0.2, 0) is 12.8 Å². The van der Waals surface area contributed by atoms with Crippen molar-refractivity contribution in [2.75, 3.05) is 11.9 Å². The molecule has 2 aromatic rings. The smallest absolute Gasteiger partial charge is 0.131 e. The van der Waals surface area contributed by atoms with Crippen LogP contribution >= 0.6 is 15.9 Å². The summed E-state index contributed by atoms with van der Waals surface area (Å²) in [5.41, 5.74) is 1.18. The molecule has 1 aromatic carbocycles. The van der Waals surface area contributed by atoms with Crippen molar-refractivity contribution in [3.63, 3.8) is 0 Å². The molecule has 0 aliphatic heterocycles. The Kier molecular flexibility index (Phi) is 5.49. The van der Waals surface area contributed by atoms with E-state index < -0.39 is 0 Å². The number of rotatable bonds is 6. The summed E-state index contributed by atoms with van der Waals surface area (Å²) < 4.78 is 0.753. The predicted molar refractivity (Wildman–Crippen MR) is 83.8 cm³/mol. The molecule has 0 radical (unpaired) electrons. The first-order valence-electron chi connectivity index (χ1n) is 6.66. The van der Waals surface area contributed by atoms with E-state index in [1.165, 1.54) is 5.56 Å². The molecule has 1 atom stereocenters. The summed E-state index contributed by atoms with van der Waals surface area (Å²) in [4.78, 5) is 8.69. The maximum absolute atomic E-state index is 9.53. The lowest BCUT2D eigenvalue weighted by atomic mass is 10.1. The monoisotopic (exact) mass is 335 g/mol. The average molecular weight is 336 g/mol. The van der Waals surface area contributed by atoms with Crippen molar-refractivity contribution in [3.8, 4) is 0 Å². The molecule has 0 bridgehead atoms. The second-order valence-corrected chi connectivity index (χ2v) is 5.37. The third-order valence-electron chi connectivity index (χ3n) is 2.95. The van der Waals surface area contributed by atoms with Gasteiger partial charge in [0.1, 0.15) is 16.2 Å². The lowest BCUT2D eigenvalue weighted by Crippen LogP contribution is -2.27. The lowest BCUT2D eigenvalue weighted by Gasteiger charge is -2.17. The van der Waals surface area contributed by atoms with Crippen LogP contribution in [-0.4, -0.2) is 27.7 Å². The number of halogens is 1. The van der Waals surface area contributed by atoms with E-state index in [9.17, 15) is 5.11 Å². The molecule has 0 aliphatic carbocycles. The number of aryl methyl sites for hydroxylation is 1. The van der Waals surface area contributed by atoms with E-state index >= 15 is 0 Å². The molecule has 1 unspecified atom stereocenters. The van der Waals surface area contributed by atoms with Crippen molar-refractivity contribution in [2.24, 2.45) is 0 Å². The van der Waals surface area contributed by atoms with Crippen molar-refractivity contribution in [3.05, 3.63) is 52.4 Å². The van der Waals surface area contributed by atoms with Gasteiger partial charge in [0.25, 0.3) is 0 Å². The number of nitrogens with one attached hydrogen (secondary N) is 1. The number of aliphatic hydroxyl groups is 1. The normalized spacial score (nSPS) is 12.2. The van der Waals surface area contributed by atoms with Gasteiger partial charge in [0, 0.05) is 12.5 Å². The van der Waals surface area contributed by atoms with E-state index in [1.807, 2.05) is 31.2 Å². The topological polar surface area (TPSA) is 58.0 Å². The fraction of sp³-hybridized carbons (Fsp3) is 0.333. The van der Waals surface area contributed by atoms with E-state index in [4.69, 9.17) is 0 Å². The molecule has 4 nitrogen and oxygen atoms in total. The molecule has 20 heavy (non-hydrogen) atoms. The zero-order valence-corrected chi connectivity index (χ0v) is 13.0. The Morgan fingerprint density at radius 1 is 1.25 bits per heavy atom. The molecule has 2 N–H and O–H groups in total. The van der Waals surface area contributed by atoms with Gasteiger partial charge in [0.05, 0.1) is 12.6 Å². The highest BCUT2D eigenvalue weighted by molar-refractivity contribution is 9.10. The largest absolute Gasteiger partial charge is 0.394 e. The number of anilines is 1. The lowest BCUT2D eigenvalue weighted by molar-refractivity contribution is 0.273. The van der Waals surface area contributed by atoms with Gasteiger partial charge in [-0.05, 0) is 27.9 Å². The van der Waals surface area contributed by atoms with Crippen molar-refractivity contribution in [1.82, 2.24) is 9.97 Å². The Morgan fingerprint density at radius 3 is 2.65 bits per heavy atom. The fourth-order valence-electron chi connectivity index (χ4n) is 1.97. The Labute approximate surface area is 127 Å². The van der Waals surface area contributed by atoms with Crippen molar-refractivity contribution >= 4 is 21.7 Å². The molecule has 106 valence electrons. The van der Waals surface area contributed by atoms with Crippen LogP contribution < -0.4 is 5.32 Å². The van der Waals surface area contributed by atoms with Crippen LogP contribution in [0.3, 0.4) is 0 Å². The molecule has 0 spiro atoms. The van der Waals surface area contributed by atoms with Crippen molar-refractivity contribution < 1.29 is 5.11 Å². The maximum atomic E-state index is 9.53. The zero-order chi connectivity index (χ0) is 14.4. The summed E-state index contributed by atoms with van der Waals surface area (Å²) in [7, 11) is 0. The van der Waals surface area contributed by atoms with Crippen LogP contribution in [0.2, 0.25) is 0 Å². The minimum atomic E-state index is -0.0658. The van der Waals surface area contributed by atoms with Gasteiger partial charge in [0.15, 0.2) is 0 Å². The summed E-state index contributed by atoms with van der Waals surface area (Å²) in [5, 5.41) is 12.8. The SMILES string of the molecule is CCc1nc(Br)cc(NC(CO)Cc2ccccc2)n1. The minimum absolute atomic E-state index is 0.0535. The van der Waals surface area contributed by atoms with Crippen LogP contribution in [0.1, 0.15) is 18.3 Å². The number of hydrogen-bond donors (Lipinski definition) is 2. The first-order chi connectivity index (χ1) is 9.71. The highest BCUT2D eigenvalue weighted by atomic mass is 79.9. The molecule has 0 saturated carbocycles. The second kappa shape index (κ2) is 7.36. The van der Waals surface area contributed by atoms with Crippen molar-refractivity contribution in [2.45, 2.75) is 25.8 Å². The summed E-state index contributed by atoms with van der Waals surface area (Å²) in [6.07, 6.45) is 1.52. The molecule has 0 saturated heterocycles. The predicted octanol–water partition coefficient (Wildman–Crippen LogP) is 2.82. The van der Waals surface area contributed by atoms with E-state index in [-0.39, 0.29) is 12.6 Å². The van der Waals surface area contributed by atoms with Gasteiger partial charge >= 0.3 is 0 Å². The highest BCUT2D eigenvalue weighted by Crippen LogP contribution is 2.15. The van der Waals surface area contributed by atoms with E-state index in [0.29, 0.717) is 0 Å². The van der Waals surface area contributed by atoms with Crippen LogP contribution in [0.5, 0.6) is 0 Å². The summed E-state index contributed by atoms with van der Waals surface area (Å²) >= 11 is 3.38. The number of aromatic nitrogens is 2. The van der Waals surface area contributed by atoms with E-state index in [2.05, 4.69) is 43.3 Å². The summed E-state index contributed by atoms with van der Waals surface area (Å²) in [6, 6.07) is 11.9. The van der Waals surface area contributed by atoms with E-state index in [0.717, 1.165) is 29.1 Å². The van der Waals surface area contributed by atoms with Gasteiger partial charge in [-0.15, -0.1) is 0 Å². The summed E-state index contributed by atoms with van der Waals surface area (Å²) in [6.45, 7) is 2.07. The Hall–Kier alpha value is -1.46. The van der Waals surface area contributed by atoms with Gasteiger partial charge in [-0.2, -0.15) is 0 Å². The number of nitrogens with zero attached hydrogens (tertiary/aromatic N) is 2. The van der Waals surface area contributed by atoms with Crippen molar-refractivity contribution in [1.29, 1.82) is 0 Å². The molecule has 1 aromatic heterocycles. The molecule has 5 heteroatoms. The van der Waals surface area contributed by atoms with Crippen LogP contribution in [0.25, 0.3) is 0 Å². The van der Waals surface area contributed by atoms with Crippen LogP contribution in [0.15, 0.2) is 41.0 Å². The molecule has 0 aliphatic rings. The Bertz CT molecular complexity index is 548. The zero-order valence-electron chi connectivity index (χ0n) is 11.4. The third-order valence-corrected chi connectivity index (χ3v) is 3.36. The van der Waals surface area contributed by atoms with Gasteiger partial charge in [-0.1, -0.05) is 37.3 Å². The molecular weight excluding hydrogens is 318 g/mol. The molecule has 0 amide bonds. The molecule has 2 rings (SSSR count). The number of aliphatic hydroxyl groups excluding tert-OH is 1. The quantitative estimate of drug-likeness (QED) is 0.797. The van der Waals surface area contributed by atoms with Gasteiger partial charge in [-0.25, -0.2) is 9.97 Å². The van der Waals surface area contributed by atoms with E-state index in [1.54, 1.807) is 0 Å². The maximum Gasteiger partial charge on any atom is 0.131 e. The summed E-state index contributed by atoms with van der Waals surface area (Å²) in [5.74, 6) is 1.51. The van der Waals surface area contributed by atoms with Gasteiger partial charge in [-0.3, -0.25) is 0 Å². The standard InChI is InChI=1S/C15H18BrN3O/c1-2-14-18-13(16)9-15(19-14)17-12(10-20)8-11-6-4-3-5-7-11/h3-7,9,12,20H,2,8,10H2,1H3,(H,17,18,19). The van der Waals surface area contributed by atoms with Crippen LogP contribution in [0, 0.1) is 0 Å². The first-order valence-corrected chi connectivity index (χ1v) is 7.45. The molecule has 0 fully saturated rings. The molecular formula is C15H18BrN3O. The third kappa shape index (κ3) is 4.28. The highest BCUT2D eigenvalue weighted by Gasteiger charge is 2.10. The Balaban J connectivity index is 2.08.